The third-order valence-electron chi connectivity index (χ3n) is 3.82. The smallest absolute Gasteiger partial charge is 0.124 e. The van der Waals surface area contributed by atoms with Crippen molar-refractivity contribution < 1.29 is 4.74 Å². The Kier molecular flexibility index (Phi) is 3.92. The largest absolute Gasteiger partial charge is 0.496 e. The number of nitrogens with one attached hydrogen (secondary N) is 1. The lowest BCUT2D eigenvalue weighted by atomic mass is 10.1. The highest BCUT2D eigenvalue weighted by molar-refractivity contribution is 6.07. The van der Waals surface area contributed by atoms with Gasteiger partial charge in [0, 0.05) is 16.8 Å². The molecule has 0 aliphatic rings. The molecule has 1 heterocycles. The van der Waals surface area contributed by atoms with Gasteiger partial charge in [0.25, 0.3) is 0 Å². The molecule has 0 saturated carbocycles. The van der Waals surface area contributed by atoms with E-state index in [9.17, 15) is 0 Å². The molecule has 22 heavy (non-hydrogen) atoms. The van der Waals surface area contributed by atoms with E-state index < -0.39 is 0 Å². The normalized spacial score (nSPS) is 13.3. The van der Waals surface area contributed by atoms with E-state index in [0.717, 1.165) is 33.6 Å². The Morgan fingerprint density at radius 3 is 2.82 bits per heavy atom. The van der Waals surface area contributed by atoms with E-state index in [0.29, 0.717) is 0 Å². The zero-order valence-electron chi connectivity index (χ0n) is 13.0. The number of hydrogen-bond donors (Lipinski definition) is 1. The zero-order chi connectivity index (χ0) is 15.5. The average molecular weight is 293 g/mol. The third kappa shape index (κ3) is 2.60. The molecule has 4 nitrogen and oxygen atoms in total. The van der Waals surface area contributed by atoms with E-state index in [2.05, 4.69) is 29.0 Å². The number of H-pyrrole nitrogens is 1. The topological polar surface area (TPSA) is 50.3 Å². The Bertz CT molecular complexity index is 820. The van der Waals surface area contributed by atoms with Crippen LogP contribution < -0.4 is 4.74 Å². The van der Waals surface area contributed by atoms with Crippen LogP contribution in [0, 0.1) is 0 Å². The summed E-state index contributed by atoms with van der Waals surface area (Å²) in [6.07, 6.45) is 1.71. The van der Waals surface area contributed by atoms with E-state index in [-0.39, 0.29) is 6.04 Å². The molecule has 0 saturated heterocycles. The summed E-state index contributed by atoms with van der Waals surface area (Å²) >= 11 is 0. The SMILES string of the molecule is COc1ccccc1C(C)N=C(C)c1cccc2[nH]cnc12. The highest BCUT2D eigenvalue weighted by Crippen LogP contribution is 2.28. The van der Waals surface area contributed by atoms with Crippen molar-refractivity contribution in [2.24, 2.45) is 4.99 Å². The molecule has 112 valence electrons. The lowest BCUT2D eigenvalue weighted by Crippen LogP contribution is -2.01. The molecular formula is C18H19N3O. The highest BCUT2D eigenvalue weighted by Gasteiger charge is 2.12. The number of hydrogen-bond acceptors (Lipinski definition) is 3. The summed E-state index contributed by atoms with van der Waals surface area (Å²) in [5.74, 6) is 0.865. The fourth-order valence-electron chi connectivity index (χ4n) is 2.70. The molecule has 1 unspecified atom stereocenters. The molecule has 0 spiro atoms. The van der Waals surface area contributed by atoms with E-state index in [1.807, 2.05) is 37.3 Å². The number of aromatic nitrogens is 2. The van der Waals surface area contributed by atoms with Gasteiger partial charge in [-0.3, -0.25) is 4.99 Å². The summed E-state index contributed by atoms with van der Waals surface area (Å²) in [4.78, 5) is 12.4. The van der Waals surface area contributed by atoms with Crippen LogP contribution in [-0.4, -0.2) is 22.8 Å². The first-order valence-electron chi connectivity index (χ1n) is 7.30. The summed E-state index contributed by atoms with van der Waals surface area (Å²) < 4.78 is 5.42. The molecule has 0 aliphatic carbocycles. The number of nitrogens with zero attached hydrogens (tertiary/aromatic N) is 2. The van der Waals surface area contributed by atoms with Gasteiger partial charge >= 0.3 is 0 Å². The van der Waals surface area contributed by atoms with Gasteiger partial charge < -0.3 is 9.72 Å². The number of para-hydroxylation sites is 2. The lowest BCUT2D eigenvalue weighted by molar-refractivity contribution is 0.407. The van der Waals surface area contributed by atoms with Crippen LogP contribution in [0.2, 0.25) is 0 Å². The van der Waals surface area contributed by atoms with Gasteiger partial charge in [0.2, 0.25) is 0 Å². The molecule has 0 bridgehead atoms. The number of aromatic amines is 1. The van der Waals surface area contributed by atoms with Crippen LogP contribution in [-0.2, 0) is 0 Å². The van der Waals surface area contributed by atoms with Crippen LogP contribution in [0.25, 0.3) is 11.0 Å². The van der Waals surface area contributed by atoms with E-state index in [1.165, 1.54) is 0 Å². The average Bonchev–Trinajstić information content (AvgIpc) is 3.03. The number of fused-ring (bicyclic) bond motifs is 1. The van der Waals surface area contributed by atoms with Crippen molar-refractivity contribution in [3.05, 3.63) is 59.9 Å². The Labute approximate surface area is 129 Å². The Morgan fingerprint density at radius 2 is 2.00 bits per heavy atom. The Balaban J connectivity index is 1.99. The summed E-state index contributed by atoms with van der Waals surface area (Å²) in [7, 11) is 1.69. The van der Waals surface area contributed by atoms with Gasteiger partial charge in [-0.05, 0) is 26.0 Å². The van der Waals surface area contributed by atoms with E-state index in [4.69, 9.17) is 9.73 Å². The molecule has 4 heteroatoms. The number of imidazole rings is 1. The summed E-state index contributed by atoms with van der Waals surface area (Å²) in [6, 6.07) is 14.1. The number of rotatable bonds is 4. The van der Waals surface area contributed by atoms with E-state index >= 15 is 0 Å². The maximum Gasteiger partial charge on any atom is 0.124 e. The van der Waals surface area contributed by atoms with Gasteiger partial charge in [0.1, 0.15) is 5.75 Å². The van der Waals surface area contributed by atoms with Crippen LogP contribution in [0.3, 0.4) is 0 Å². The van der Waals surface area contributed by atoms with Gasteiger partial charge in [-0.15, -0.1) is 0 Å². The van der Waals surface area contributed by atoms with Gasteiger partial charge in [-0.25, -0.2) is 4.98 Å². The second kappa shape index (κ2) is 6.02. The molecule has 1 atom stereocenters. The molecule has 3 rings (SSSR count). The maximum atomic E-state index is 5.42. The minimum Gasteiger partial charge on any atom is -0.496 e. The van der Waals surface area contributed by atoms with Crippen molar-refractivity contribution in [3.8, 4) is 5.75 Å². The quantitative estimate of drug-likeness (QED) is 0.735. The second-order valence-corrected chi connectivity index (χ2v) is 5.24. The number of benzene rings is 2. The standard InChI is InChI=1S/C18H19N3O/c1-12(14-7-4-5-10-17(14)22-3)21-13(2)15-8-6-9-16-18(15)20-11-19-16/h4-12H,1-3H3,(H,19,20). The van der Waals surface area contributed by atoms with Crippen LogP contribution in [0.1, 0.15) is 31.0 Å². The van der Waals surface area contributed by atoms with Gasteiger partial charge in [-0.2, -0.15) is 0 Å². The predicted molar refractivity (Wildman–Crippen MR) is 89.7 cm³/mol. The summed E-state index contributed by atoms with van der Waals surface area (Å²) in [5.41, 5.74) is 5.09. The fraction of sp³-hybridized carbons (Fsp3) is 0.222. The van der Waals surface area contributed by atoms with Crippen LogP contribution >= 0.6 is 0 Å². The molecule has 0 radical (unpaired) electrons. The van der Waals surface area contributed by atoms with E-state index in [1.54, 1.807) is 13.4 Å². The second-order valence-electron chi connectivity index (χ2n) is 5.24. The fourth-order valence-corrected chi connectivity index (χ4v) is 2.70. The summed E-state index contributed by atoms with van der Waals surface area (Å²) in [6.45, 7) is 4.10. The minimum absolute atomic E-state index is 0.0188. The lowest BCUT2D eigenvalue weighted by Gasteiger charge is -2.13. The highest BCUT2D eigenvalue weighted by atomic mass is 16.5. The first kappa shape index (κ1) is 14.3. The van der Waals surface area contributed by atoms with Crippen LogP contribution in [0.15, 0.2) is 53.8 Å². The van der Waals surface area contributed by atoms with Crippen molar-refractivity contribution >= 4 is 16.7 Å². The van der Waals surface area contributed by atoms with Crippen LogP contribution in [0.5, 0.6) is 5.75 Å². The molecule has 3 aromatic rings. The predicted octanol–water partition coefficient (Wildman–Crippen LogP) is 4.14. The van der Waals surface area contributed by atoms with Gasteiger partial charge in [0.05, 0.1) is 30.5 Å². The van der Waals surface area contributed by atoms with Gasteiger partial charge in [-0.1, -0.05) is 30.3 Å². The first-order valence-corrected chi connectivity index (χ1v) is 7.30. The minimum atomic E-state index is 0.0188. The number of ether oxygens (including phenoxy) is 1. The Hall–Kier alpha value is -2.62. The van der Waals surface area contributed by atoms with Crippen molar-refractivity contribution in [2.75, 3.05) is 7.11 Å². The third-order valence-corrected chi connectivity index (χ3v) is 3.82. The molecule has 0 amide bonds. The first-order chi connectivity index (χ1) is 10.7. The maximum absolute atomic E-state index is 5.42. The number of aliphatic imine (C=N–C) groups is 1. The molecule has 2 aromatic carbocycles. The zero-order valence-corrected chi connectivity index (χ0v) is 13.0. The van der Waals surface area contributed by atoms with Crippen molar-refractivity contribution in [3.63, 3.8) is 0 Å². The van der Waals surface area contributed by atoms with Crippen molar-refractivity contribution in [2.45, 2.75) is 19.9 Å². The molecule has 1 aromatic heterocycles. The summed E-state index contributed by atoms with van der Waals surface area (Å²) in [5, 5.41) is 0. The number of methoxy groups -OCH3 is 1. The molecular weight excluding hydrogens is 274 g/mol. The van der Waals surface area contributed by atoms with Crippen molar-refractivity contribution in [1.29, 1.82) is 0 Å². The van der Waals surface area contributed by atoms with Crippen molar-refractivity contribution in [1.82, 2.24) is 9.97 Å². The molecule has 0 fully saturated rings. The van der Waals surface area contributed by atoms with Crippen LogP contribution in [0.4, 0.5) is 0 Å². The molecule has 0 aliphatic heterocycles. The molecule has 1 N–H and O–H groups in total. The Morgan fingerprint density at radius 1 is 1.18 bits per heavy atom. The monoisotopic (exact) mass is 293 g/mol. The van der Waals surface area contributed by atoms with Gasteiger partial charge in [0.15, 0.2) is 0 Å².